The largest absolute Gasteiger partial charge is 0.198 e. The first-order chi connectivity index (χ1) is 6.59. The highest BCUT2D eigenvalue weighted by Gasteiger charge is 2.59. The molecule has 0 amide bonds. The first-order valence-electron chi connectivity index (χ1n) is 4.73. The third-order valence-corrected chi connectivity index (χ3v) is 3.93. The van der Waals surface area contributed by atoms with Crippen LogP contribution in [0.3, 0.4) is 0 Å². The lowest BCUT2D eigenvalue weighted by Crippen LogP contribution is -1.90. The molecular formula is C12H12BrN. The minimum Gasteiger partial charge on any atom is -0.198 e. The maximum atomic E-state index is 9.00. The van der Waals surface area contributed by atoms with E-state index in [9.17, 15) is 0 Å². The smallest absolute Gasteiger partial charge is 0.0668 e. The summed E-state index contributed by atoms with van der Waals surface area (Å²) in [6, 6.07) is 10.6. The molecule has 14 heavy (non-hydrogen) atoms. The Kier molecular flexibility index (Phi) is 2.16. The quantitative estimate of drug-likeness (QED) is 0.745. The van der Waals surface area contributed by atoms with Crippen LogP contribution >= 0.6 is 15.9 Å². The Morgan fingerprint density at radius 2 is 2.00 bits per heavy atom. The van der Waals surface area contributed by atoms with Gasteiger partial charge in [-0.05, 0) is 17.0 Å². The molecule has 0 heterocycles. The average molecular weight is 250 g/mol. The standard InChI is InChI=1S/C12H12BrN/c1-12(2)9(7-14)11(12)8-5-3-4-6-10(8)13/h3-6,9,11H,1-2H3. The van der Waals surface area contributed by atoms with Crippen molar-refractivity contribution >= 4 is 15.9 Å². The summed E-state index contributed by atoms with van der Waals surface area (Å²) in [6.07, 6.45) is 0. The molecule has 72 valence electrons. The van der Waals surface area contributed by atoms with Gasteiger partial charge in [-0.1, -0.05) is 48.0 Å². The molecule has 1 aromatic carbocycles. The SMILES string of the molecule is CC1(C)C(C#N)C1c1ccccc1Br. The third kappa shape index (κ3) is 1.27. The second-order valence-corrected chi connectivity index (χ2v) is 5.28. The zero-order valence-corrected chi connectivity index (χ0v) is 9.88. The predicted octanol–water partition coefficient (Wildman–Crippen LogP) is 3.71. The van der Waals surface area contributed by atoms with Crippen LogP contribution in [0.5, 0.6) is 0 Å². The summed E-state index contributed by atoms with van der Waals surface area (Å²) in [5.41, 5.74) is 1.41. The van der Waals surface area contributed by atoms with Crippen molar-refractivity contribution in [1.29, 1.82) is 5.26 Å². The van der Waals surface area contributed by atoms with Crippen molar-refractivity contribution in [3.63, 3.8) is 0 Å². The third-order valence-electron chi connectivity index (χ3n) is 3.21. The van der Waals surface area contributed by atoms with Gasteiger partial charge in [0, 0.05) is 10.4 Å². The first-order valence-corrected chi connectivity index (χ1v) is 5.52. The van der Waals surface area contributed by atoms with Crippen LogP contribution in [-0.4, -0.2) is 0 Å². The molecule has 2 rings (SSSR count). The van der Waals surface area contributed by atoms with E-state index in [1.165, 1.54) is 5.56 Å². The summed E-state index contributed by atoms with van der Waals surface area (Å²) < 4.78 is 1.12. The van der Waals surface area contributed by atoms with Crippen LogP contribution in [0, 0.1) is 22.7 Å². The Balaban J connectivity index is 2.37. The lowest BCUT2D eigenvalue weighted by Gasteiger charge is -2.04. The normalized spacial score (nSPS) is 28.1. The summed E-state index contributed by atoms with van der Waals surface area (Å²) >= 11 is 3.54. The van der Waals surface area contributed by atoms with Crippen LogP contribution in [0.25, 0.3) is 0 Å². The van der Waals surface area contributed by atoms with Crippen molar-refractivity contribution in [3.05, 3.63) is 34.3 Å². The van der Waals surface area contributed by atoms with Gasteiger partial charge in [-0.3, -0.25) is 0 Å². The topological polar surface area (TPSA) is 23.8 Å². The Labute approximate surface area is 92.9 Å². The number of hydrogen-bond acceptors (Lipinski definition) is 1. The average Bonchev–Trinajstić information content (AvgIpc) is 2.69. The van der Waals surface area contributed by atoms with Crippen LogP contribution in [0.2, 0.25) is 0 Å². The maximum Gasteiger partial charge on any atom is 0.0668 e. The molecule has 2 heteroatoms. The van der Waals surface area contributed by atoms with E-state index >= 15 is 0 Å². The maximum absolute atomic E-state index is 9.00. The molecule has 1 fully saturated rings. The first kappa shape index (κ1) is 9.73. The van der Waals surface area contributed by atoms with Gasteiger partial charge >= 0.3 is 0 Å². The van der Waals surface area contributed by atoms with Gasteiger partial charge in [-0.2, -0.15) is 5.26 Å². The molecule has 1 nitrogen and oxygen atoms in total. The molecule has 1 saturated carbocycles. The minimum atomic E-state index is 0.138. The van der Waals surface area contributed by atoms with Gasteiger partial charge in [0.2, 0.25) is 0 Å². The van der Waals surface area contributed by atoms with Crippen LogP contribution < -0.4 is 0 Å². The summed E-state index contributed by atoms with van der Waals surface area (Å²) in [5, 5.41) is 9.00. The van der Waals surface area contributed by atoms with Gasteiger partial charge < -0.3 is 0 Å². The zero-order chi connectivity index (χ0) is 10.3. The Morgan fingerprint density at radius 1 is 1.36 bits per heavy atom. The molecule has 2 unspecified atom stereocenters. The van der Waals surface area contributed by atoms with Crippen molar-refractivity contribution in [2.75, 3.05) is 0 Å². The molecule has 0 bridgehead atoms. The number of nitriles is 1. The van der Waals surface area contributed by atoms with Gasteiger partial charge in [0.15, 0.2) is 0 Å². The van der Waals surface area contributed by atoms with Crippen molar-refractivity contribution in [1.82, 2.24) is 0 Å². The summed E-state index contributed by atoms with van der Waals surface area (Å²) in [6.45, 7) is 4.32. The van der Waals surface area contributed by atoms with Gasteiger partial charge in [-0.15, -0.1) is 0 Å². The lowest BCUT2D eigenvalue weighted by molar-refractivity contribution is 0.596. The number of nitrogens with zero attached hydrogens (tertiary/aromatic N) is 1. The van der Waals surface area contributed by atoms with Gasteiger partial charge in [0.1, 0.15) is 0 Å². The van der Waals surface area contributed by atoms with E-state index < -0.39 is 0 Å². The molecule has 0 N–H and O–H groups in total. The monoisotopic (exact) mass is 249 g/mol. The summed E-state index contributed by atoms with van der Waals surface area (Å²) in [7, 11) is 0. The molecule has 0 spiro atoms. The highest BCUT2D eigenvalue weighted by Crippen LogP contribution is 2.64. The van der Waals surface area contributed by atoms with Crippen LogP contribution in [0.15, 0.2) is 28.7 Å². The molecule has 0 aliphatic heterocycles. The van der Waals surface area contributed by atoms with Crippen LogP contribution in [0.1, 0.15) is 25.3 Å². The lowest BCUT2D eigenvalue weighted by atomic mass is 10.0. The van der Waals surface area contributed by atoms with E-state index in [1.54, 1.807) is 0 Å². The fraction of sp³-hybridized carbons (Fsp3) is 0.417. The second-order valence-electron chi connectivity index (χ2n) is 4.43. The van der Waals surface area contributed by atoms with Gasteiger partial charge in [-0.25, -0.2) is 0 Å². The summed E-state index contributed by atoms with van der Waals surface area (Å²) in [5.74, 6) is 0.560. The van der Waals surface area contributed by atoms with Crippen LogP contribution in [-0.2, 0) is 0 Å². The second kappa shape index (κ2) is 3.10. The van der Waals surface area contributed by atoms with E-state index in [1.807, 2.05) is 18.2 Å². The van der Waals surface area contributed by atoms with E-state index in [0.29, 0.717) is 5.92 Å². The number of rotatable bonds is 1. The predicted molar refractivity (Wildman–Crippen MR) is 59.8 cm³/mol. The van der Waals surface area contributed by atoms with Crippen molar-refractivity contribution in [3.8, 4) is 6.07 Å². The summed E-state index contributed by atoms with van der Waals surface area (Å²) in [4.78, 5) is 0. The van der Waals surface area contributed by atoms with Crippen LogP contribution in [0.4, 0.5) is 0 Å². The minimum absolute atomic E-state index is 0.138. The van der Waals surface area contributed by atoms with Crippen molar-refractivity contribution in [2.45, 2.75) is 19.8 Å². The Hall–Kier alpha value is -0.810. The molecular weight excluding hydrogens is 238 g/mol. The fourth-order valence-electron chi connectivity index (χ4n) is 2.19. The number of halogens is 1. The van der Waals surface area contributed by atoms with E-state index in [0.717, 1.165) is 4.47 Å². The molecule has 1 aliphatic carbocycles. The van der Waals surface area contributed by atoms with Crippen molar-refractivity contribution in [2.24, 2.45) is 11.3 Å². The van der Waals surface area contributed by atoms with E-state index in [-0.39, 0.29) is 11.3 Å². The number of hydrogen-bond donors (Lipinski definition) is 0. The molecule has 1 aromatic rings. The molecule has 1 aliphatic rings. The zero-order valence-electron chi connectivity index (χ0n) is 8.29. The molecule has 0 saturated heterocycles. The van der Waals surface area contributed by atoms with Gasteiger partial charge in [0.25, 0.3) is 0 Å². The van der Waals surface area contributed by atoms with Crippen molar-refractivity contribution < 1.29 is 0 Å². The molecule has 0 radical (unpaired) electrons. The van der Waals surface area contributed by atoms with E-state index in [2.05, 4.69) is 41.9 Å². The van der Waals surface area contributed by atoms with E-state index in [4.69, 9.17) is 5.26 Å². The fourth-order valence-corrected chi connectivity index (χ4v) is 2.72. The Bertz CT molecular complexity index is 403. The number of benzene rings is 1. The molecule has 2 atom stereocenters. The molecule has 0 aromatic heterocycles. The highest BCUT2D eigenvalue weighted by atomic mass is 79.9. The Morgan fingerprint density at radius 3 is 2.50 bits per heavy atom. The van der Waals surface area contributed by atoms with Gasteiger partial charge in [0.05, 0.1) is 12.0 Å². The highest BCUT2D eigenvalue weighted by molar-refractivity contribution is 9.10.